The summed E-state index contributed by atoms with van der Waals surface area (Å²) in [4.78, 5) is 0. The zero-order chi connectivity index (χ0) is 16.7. The van der Waals surface area contributed by atoms with Gasteiger partial charge in [0.1, 0.15) is 12.2 Å². The molecule has 0 spiro atoms. The lowest BCUT2D eigenvalue weighted by atomic mass is 9.90. The SMILES string of the molecule is CC1=CC=C(C(C)C)[C@@H](O)[C@H](O)C(C)=CCCC(C)=CCC1. The Morgan fingerprint density at radius 1 is 0.864 bits per heavy atom. The summed E-state index contributed by atoms with van der Waals surface area (Å²) in [5.41, 5.74) is 4.43. The second-order valence-corrected chi connectivity index (χ2v) is 6.80. The summed E-state index contributed by atoms with van der Waals surface area (Å²) < 4.78 is 0. The van der Waals surface area contributed by atoms with Gasteiger partial charge in [0.05, 0.1) is 0 Å². The van der Waals surface area contributed by atoms with Gasteiger partial charge in [0.2, 0.25) is 0 Å². The molecule has 2 N–H and O–H groups in total. The summed E-state index contributed by atoms with van der Waals surface area (Å²) in [6.07, 6.45) is 10.8. The molecule has 0 aromatic rings. The molecule has 0 radical (unpaired) electrons. The van der Waals surface area contributed by atoms with Crippen LogP contribution < -0.4 is 0 Å². The van der Waals surface area contributed by atoms with Crippen LogP contribution in [0.15, 0.2) is 46.6 Å². The maximum atomic E-state index is 10.5. The van der Waals surface area contributed by atoms with Crippen LogP contribution in [0.5, 0.6) is 0 Å². The average Bonchev–Trinajstić information content (AvgIpc) is 2.45. The summed E-state index contributed by atoms with van der Waals surface area (Å²) in [6, 6.07) is 0. The molecule has 0 aromatic carbocycles. The van der Waals surface area contributed by atoms with Gasteiger partial charge < -0.3 is 10.2 Å². The first kappa shape index (κ1) is 18.9. The number of aliphatic hydroxyl groups excluding tert-OH is 2. The van der Waals surface area contributed by atoms with E-state index in [2.05, 4.69) is 45.9 Å². The molecule has 0 aliphatic heterocycles. The van der Waals surface area contributed by atoms with Crippen molar-refractivity contribution in [3.63, 3.8) is 0 Å². The van der Waals surface area contributed by atoms with Crippen molar-refractivity contribution in [1.82, 2.24) is 0 Å². The third kappa shape index (κ3) is 5.94. The molecule has 2 nitrogen and oxygen atoms in total. The molecule has 2 heteroatoms. The summed E-state index contributed by atoms with van der Waals surface area (Å²) in [7, 11) is 0. The predicted octanol–water partition coefficient (Wildman–Crippen LogP) is 4.70. The third-order valence-corrected chi connectivity index (χ3v) is 4.37. The summed E-state index contributed by atoms with van der Waals surface area (Å²) in [5.74, 6) is 0.205. The Kier molecular flexibility index (Phi) is 7.84. The van der Waals surface area contributed by atoms with Crippen molar-refractivity contribution in [3.05, 3.63) is 46.6 Å². The molecule has 1 aliphatic carbocycles. The summed E-state index contributed by atoms with van der Waals surface area (Å²) in [6.45, 7) is 10.3. The molecule has 0 saturated carbocycles. The van der Waals surface area contributed by atoms with Gasteiger partial charge in [-0.2, -0.15) is 0 Å². The highest BCUT2D eigenvalue weighted by Crippen LogP contribution is 2.22. The Balaban J connectivity index is 3.13. The molecular formula is C20H32O2. The second kappa shape index (κ2) is 9.12. The number of aliphatic hydroxyl groups is 2. The number of rotatable bonds is 1. The van der Waals surface area contributed by atoms with Crippen LogP contribution in [0.3, 0.4) is 0 Å². The smallest absolute Gasteiger partial charge is 0.105 e. The standard InChI is InChI=1S/C20H32O2/c1-14(2)18-13-12-16(4)9-6-8-15(3)10-7-11-17(5)19(21)20(18)22/h8,11-14,19-22H,6-7,9-10H2,1-5H3/t19-,20-/m1/s1. The highest BCUT2D eigenvalue weighted by Gasteiger charge is 2.23. The molecule has 22 heavy (non-hydrogen) atoms. The Bertz CT molecular complexity index is 478. The molecule has 1 aliphatic rings. The van der Waals surface area contributed by atoms with E-state index in [1.54, 1.807) is 0 Å². The van der Waals surface area contributed by atoms with E-state index in [-0.39, 0.29) is 5.92 Å². The van der Waals surface area contributed by atoms with Gasteiger partial charge in [0, 0.05) is 0 Å². The predicted molar refractivity (Wildman–Crippen MR) is 94.7 cm³/mol. The fourth-order valence-electron chi connectivity index (χ4n) is 2.68. The molecule has 0 unspecified atom stereocenters. The first-order valence-electron chi connectivity index (χ1n) is 8.38. The largest absolute Gasteiger partial charge is 0.386 e. The molecule has 1 rings (SSSR count). The zero-order valence-corrected chi connectivity index (χ0v) is 14.8. The topological polar surface area (TPSA) is 40.5 Å². The van der Waals surface area contributed by atoms with Gasteiger partial charge in [-0.25, -0.2) is 0 Å². The summed E-state index contributed by atoms with van der Waals surface area (Å²) in [5, 5.41) is 20.9. The van der Waals surface area contributed by atoms with E-state index >= 15 is 0 Å². The Morgan fingerprint density at radius 2 is 1.45 bits per heavy atom. The van der Waals surface area contributed by atoms with E-state index in [9.17, 15) is 10.2 Å². The number of allylic oxidation sites excluding steroid dienone is 6. The fourth-order valence-corrected chi connectivity index (χ4v) is 2.68. The molecule has 0 heterocycles. The lowest BCUT2D eigenvalue weighted by molar-refractivity contribution is 0.0603. The van der Waals surface area contributed by atoms with E-state index in [0.29, 0.717) is 0 Å². The summed E-state index contributed by atoms with van der Waals surface area (Å²) >= 11 is 0. The van der Waals surface area contributed by atoms with Crippen LogP contribution in [0.25, 0.3) is 0 Å². The van der Waals surface area contributed by atoms with Crippen LogP contribution in [0.1, 0.15) is 60.3 Å². The van der Waals surface area contributed by atoms with E-state index in [4.69, 9.17) is 0 Å². The average molecular weight is 304 g/mol. The third-order valence-electron chi connectivity index (χ3n) is 4.37. The second-order valence-electron chi connectivity index (χ2n) is 6.80. The molecule has 124 valence electrons. The number of hydrogen-bond acceptors (Lipinski definition) is 2. The first-order valence-corrected chi connectivity index (χ1v) is 8.38. The minimum Gasteiger partial charge on any atom is -0.386 e. The fraction of sp³-hybridized carbons (Fsp3) is 0.600. The lowest BCUT2D eigenvalue weighted by Crippen LogP contribution is -2.30. The highest BCUT2D eigenvalue weighted by atomic mass is 16.3. The van der Waals surface area contributed by atoms with Crippen molar-refractivity contribution < 1.29 is 10.2 Å². The van der Waals surface area contributed by atoms with Gasteiger partial charge in [-0.3, -0.25) is 0 Å². The minimum absolute atomic E-state index is 0.205. The van der Waals surface area contributed by atoms with Gasteiger partial charge in [-0.05, 0) is 63.5 Å². The molecule has 0 bridgehead atoms. The van der Waals surface area contributed by atoms with Crippen molar-refractivity contribution in [3.8, 4) is 0 Å². The molecule has 0 saturated heterocycles. The van der Waals surface area contributed by atoms with Crippen molar-refractivity contribution >= 4 is 0 Å². The highest BCUT2D eigenvalue weighted by molar-refractivity contribution is 5.25. The molecule has 0 amide bonds. The van der Waals surface area contributed by atoms with Gasteiger partial charge in [0.15, 0.2) is 0 Å². The van der Waals surface area contributed by atoms with Gasteiger partial charge in [0.25, 0.3) is 0 Å². The number of hydrogen-bond donors (Lipinski definition) is 2. The van der Waals surface area contributed by atoms with Crippen molar-refractivity contribution in [1.29, 1.82) is 0 Å². The maximum Gasteiger partial charge on any atom is 0.105 e. The Morgan fingerprint density at radius 3 is 2.09 bits per heavy atom. The van der Waals surface area contributed by atoms with Gasteiger partial charge in [-0.15, -0.1) is 0 Å². The van der Waals surface area contributed by atoms with Crippen LogP contribution in [0.4, 0.5) is 0 Å². The quantitative estimate of drug-likeness (QED) is 0.689. The van der Waals surface area contributed by atoms with Gasteiger partial charge >= 0.3 is 0 Å². The lowest BCUT2D eigenvalue weighted by Gasteiger charge is -2.24. The maximum absolute atomic E-state index is 10.5. The minimum atomic E-state index is -0.833. The molecule has 2 atom stereocenters. The van der Waals surface area contributed by atoms with Crippen molar-refractivity contribution in [2.24, 2.45) is 5.92 Å². The van der Waals surface area contributed by atoms with Crippen LogP contribution in [-0.2, 0) is 0 Å². The van der Waals surface area contributed by atoms with E-state index in [1.165, 1.54) is 11.1 Å². The monoisotopic (exact) mass is 304 g/mol. The van der Waals surface area contributed by atoms with Crippen LogP contribution in [-0.4, -0.2) is 22.4 Å². The Hall–Kier alpha value is -1.12. The van der Waals surface area contributed by atoms with Crippen LogP contribution >= 0.6 is 0 Å². The van der Waals surface area contributed by atoms with Crippen molar-refractivity contribution in [2.45, 2.75) is 72.5 Å². The van der Waals surface area contributed by atoms with Crippen molar-refractivity contribution in [2.75, 3.05) is 0 Å². The van der Waals surface area contributed by atoms with Gasteiger partial charge in [-0.1, -0.05) is 49.3 Å². The zero-order valence-electron chi connectivity index (χ0n) is 14.8. The molecule has 0 aromatic heterocycles. The van der Waals surface area contributed by atoms with Crippen LogP contribution in [0.2, 0.25) is 0 Å². The first-order chi connectivity index (χ1) is 10.3. The van der Waals surface area contributed by atoms with E-state index in [1.807, 2.05) is 13.0 Å². The van der Waals surface area contributed by atoms with E-state index in [0.717, 1.165) is 36.8 Å². The molecular weight excluding hydrogens is 272 g/mol. The van der Waals surface area contributed by atoms with Crippen LogP contribution in [0, 0.1) is 5.92 Å². The molecule has 0 fully saturated rings. The normalized spacial score (nSPS) is 25.8. The Labute approximate surface area is 135 Å². The van der Waals surface area contributed by atoms with E-state index < -0.39 is 12.2 Å².